The van der Waals surface area contributed by atoms with Crippen molar-refractivity contribution in [2.24, 2.45) is 0 Å². The maximum atomic E-state index is 13.0. The molecule has 3 unspecified atom stereocenters. The Morgan fingerprint density at radius 3 is 1.31 bits per heavy atom. The second kappa shape index (κ2) is 46.8. The Balaban J connectivity index is 4.24. The van der Waals surface area contributed by atoms with E-state index in [4.69, 9.17) is 9.05 Å². The molecule has 0 aromatic heterocycles. The molecule has 0 aliphatic rings. The van der Waals surface area contributed by atoms with Gasteiger partial charge >= 0.3 is 0 Å². The van der Waals surface area contributed by atoms with Crippen LogP contribution in [0.25, 0.3) is 0 Å². The third kappa shape index (κ3) is 48.6. The Morgan fingerprint density at radius 1 is 0.547 bits per heavy atom. The smallest absolute Gasteiger partial charge is 0.268 e. The van der Waals surface area contributed by atoms with Crippen molar-refractivity contribution < 1.29 is 32.9 Å². The molecule has 0 fully saturated rings. The molecule has 8 nitrogen and oxygen atoms in total. The van der Waals surface area contributed by atoms with Gasteiger partial charge in [-0.15, -0.1) is 0 Å². The predicted molar refractivity (Wildman–Crippen MR) is 275 cm³/mol. The summed E-state index contributed by atoms with van der Waals surface area (Å²) in [6.07, 6.45) is 58.7. The van der Waals surface area contributed by atoms with Gasteiger partial charge in [-0.25, -0.2) is 0 Å². The Morgan fingerprint density at radius 2 is 0.906 bits per heavy atom. The van der Waals surface area contributed by atoms with Crippen LogP contribution >= 0.6 is 7.82 Å². The molecule has 64 heavy (non-hydrogen) atoms. The number of aliphatic hydroxyl groups excluding tert-OH is 1. The number of quaternary nitrogens is 1. The molecule has 3 atom stereocenters. The van der Waals surface area contributed by atoms with Crippen LogP contribution in [0.2, 0.25) is 0 Å². The van der Waals surface area contributed by atoms with Crippen molar-refractivity contribution in [3.8, 4) is 0 Å². The predicted octanol–water partition coefficient (Wildman–Crippen LogP) is 15.6. The summed E-state index contributed by atoms with van der Waals surface area (Å²) in [4.78, 5) is 25.5. The zero-order chi connectivity index (χ0) is 47.1. The van der Waals surface area contributed by atoms with E-state index >= 15 is 0 Å². The first-order valence-electron chi connectivity index (χ1n) is 27.3. The summed E-state index contributed by atoms with van der Waals surface area (Å²) in [5, 5.41) is 14.0. The van der Waals surface area contributed by atoms with Gasteiger partial charge in [0.05, 0.1) is 39.9 Å². The molecule has 0 aliphatic carbocycles. The first-order chi connectivity index (χ1) is 31.0. The van der Waals surface area contributed by atoms with Crippen LogP contribution in [0.15, 0.2) is 36.5 Å². The van der Waals surface area contributed by atoms with Gasteiger partial charge in [0.2, 0.25) is 5.91 Å². The van der Waals surface area contributed by atoms with Gasteiger partial charge in [0.25, 0.3) is 7.82 Å². The van der Waals surface area contributed by atoms with Crippen molar-refractivity contribution in [3.05, 3.63) is 36.5 Å². The highest BCUT2D eigenvalue weighted by molar-refractivity contribution is 7.45. The zero-order valence-electron chi connectivity index (χ0n) is 43.0. The number of rotatable bonds is 50. The molecular formula is C55H107N2O6P. The fourth-order valence-electron chi connectivity index (χ4n) is 8.05. The standard InChI is InChI=1S/C55H107N2O6P/c1-6-8-10-12-14-16-18-20-22-24-26-27-28-29-31-33-35-37-39-41-43-45-47-49-55(59)56-53(52-63-64(60,61)62-51-50-57(3,4)5)54(58)48-46-44-42-40-38-36-34-32-30-25-23-21-19-17-15-13-11-9-7-2/h18,20,24,26,28-29,53-54,58H,6-17,19,21-23,25,27,30-52H2,1-5H3,(H-,56,59,60,61)/b20-18-,26-24-,29-28-. The number of hydrogen-bond acceptors (Lipinski definition) is 6. The molecule has 0 radical (unpaired) electrons. The lowest BCUT2D eigenvalue weighted by Gasteiger charge is -2.30. The molecule has 0 aliphatic heterocycles. The van der Waals surface area contributed by atoms with E-state index in [1.54, 1.807) is 0 Å². The van der Waals surface area contributed by atoms with Gasteiger partial charge in [-0.1, -0.05) is 237 Å². The number of hydrogen-bond donors (Lipinski definition) is 2. The van der Waals surface area contributed by atoms with E-state index in [0.29, 0.717) is 23.9 Å². The van der Waals surface area contributed by atoms with Crippen LogP contribution < -0.4 is 10.2 Å². The summed E-state index contributed by atoms with van der Waals surface area (Å²) in [7, 11) is 1.30. The average molecular weight is 923 g/mol. The fourth-order valence-corrected chi connectivity index (χ4v) is 8.77. The number of phosphoric ester groups is 1. The van der Waals surface area contributed by atoms with Gasteiger partial charge in [0, 0.05) is 6.42 Å². The molecule has 0 heterocycles. The highest BCUT2D eigenvalue weighted by atomic mass is 31.2. The van der Waals surface area contributed by atoms with Gasteiger partial charge in [0.1, 0.15) is 13.2 Å². The molecule has 0 bridgehead atoms. The normalized spacial score (nSPS) is 14.3. The number of likely N-dealkylation sites (N-methyl/N-ethyl adjacent to an activating group) is 1. The highest BCUT2D eigenvalue weighted by Crippen LogP contribution is 2.38. The molecule has 2 N–H and O–H groups in total. The van der Waals surface area contributed by atoms with E-state index in [-0.39, 0.29) is 19.1 Å². The number of unbranched alkanes of at least 4 members (excludes halogenated alkanes) is 31. The number of phosphoric acid groups is 1. The van der Waals surface area contributed by atoms with Crippen LogP contribution in [0.5, 0.6) is 0 Å². The van der Waals surface area contributed by atoms with Gasteiger partial charge in [0.15, 0.2) is 0 Å². The largest absolute Gasteiger partial charge is 0.756 e. The quantitative estimate of drug-likeness (QED) is 0.0272. The van der Waals surface area contributed by atoms with Gasteiger partial charge in [-0.3, -0.25) is 9.36 Å². The van der Waals surface area contributed by atoms with Crippen molar-refractivity contribution in [1.29, 1.82) is 0 Å². The minimum Gasteiger partial charge on any atom is -0.756 e. The SMILES string of the molecule is CCCCCCC/C=C\C/C=C\C/C=C\CCCCCCCCCCC(=O)NC(COP(=O)([O-])OCC[N+](C)(C)C)C(O)CCCCCCCCCCCCCCCCCCCCC. The second-order valence-corrected chi connectivity index (χ2v) is 21.4. The second-order valence-electron chi connectivity index (χ2n) is 19.9. The molecule has 1 amide bonds. The molecule has 0 saturated heterocycles. The summed E-state index contributed by atoms with van der Waals surface area (Å²) < 4.78 is 23.4. The van der Waals surface area contributed by atoms with E-state index in [1.807, 2.05) is 21.1 Å². The number of carbonyl (C=O) groups excluding carboxylic acids is 1. The van der Waals surface area contributed by atoms with Crippen LogP contribution in [-0.4, -0.2) is 68.5 Å². The lowest BCUT2D eigenvalue weighted by Crippen LogP contribution is -2.46. The van der Waals surface area contributed by atoms with Crippen molar-refractivity contribution in [2.75, 3.05) is 40.9 Å². The molecule has 378 valence electrons. The van der Waals surface area contributed by atoms with E-state index in [0.717, 1.165) is 57.8 Å². The van der Waals surface area contributed by atoms with Crippen molar-refractivity contribution in [2.45, 2.75) is 270 Å². The maximum absolute atomic E-state index is 13.0. The molecule has 0 saturated carbocycles. The summed E-state index contributed by atoms with van der Waals surface area (Å²) in [5.74, 6) is -0.170. The number of nitrogens with zero attached hydrogens (tertiary/aromatic N) is 1. The first kappa shape index (κ1) is 62.7. The van der Waals surface area contributed by atoms with Crippen molar-refractivity contribution >= 4 is 13.7 Å². The topological polar surface area (TPSA) is 108 Å². The molecule has 0 rings (SSSR count). The molecule has 0 spiro atoms. The van der Waals surface area contributed by atoms with Crippen LogP contribution in [-0.2, 0) is 18.4 Å². The van der Waals surface area contributed by atoms with E-state index < -0.39 is 20.0 Å². The van der Waals surface area contributed by atoms with Crippen LogP contribution in [0.1, 0.15) is 258 Å². The molecule has 9 heteroatoms. The highest BCUT2D eigenvalue weighted by Gasteiger charge is 2.24. The summed E-state index contributed by atoms with van der Waals surface area (Å²) in [5.41, 5.74) is 0. The summed E-state index contributed by atoms with van der Waals surface area (Å²) >= 11 is 0. The fraction of sp³-hybridized carbons (Fsp3) is 0.873. The zero-order valence-corrected chi connectivity index (χ0v) is 43.9. The van der Waals surface area contributed by atoms with E-state index in [9.17, 15) is 19.4 Å². The van der Waals surface area contributed by atoms with E-state index in [1.165, 1.54) is 173 Å². The number of nitrogens with one attached hydrogen (secondary N) is 1. The van der Waals surface area contributed by atoms with Crippen molar-refractivity contribution in [3.63, 3.8) is 0 Å². The van der Waals surface area contributed by atoms with Gasteiger partial charge < -0.3 is 28.8 Å². The third-order valence-electron chi connectivity index (χ3n) is 12.4. The summed E-state index contributed by atoms with van der Waals surface area (Å²) in [6, 6.07) is -0.805. The Kier molecular flexibility index (Phi) is 45.9. The number of allylic oxidation sites excluding steroid dienone is 6. The first-order valence-corrected chi connectivity index (χ1v) is 28.8. The number of carbonyl (C=O) groups is 1. The monoisotopic (exact) mass is 923 g/mol. The molecular weight excluding hydrogens is 816 g/mol. The lowest BCUT2D eigenvalue weighted by molar-refractivity contribution is -0.870. The van der Waals surface area contributed by atoms with Crippen LogP contribution in [0.4, 0.5) is 0 Å². The average Bonchev–Trinajstić information content (AvgIpc) is 3.25. The third-order valence-corrected chi connectivity index (χ3v) is 13.3. The molecule has 0 aromatic rings. The van der Waals surface area contributed by atoms with Crippen LogP contribution in [0, 0.1) is 0 Å². The van der Waals surface area contributed by atoms with Crippen LogP contribution in [0.3, 0.4) is 0 Å². The maximum Gasteiger partial charge on any atom is 0.268 e. The number of aliphatic hydroxyl groups is 1. The lowest BCUT2D eigenvalue weighted by atomic mass is 10.0. The van der Waals surface area contributed by atoms with E-state index in [2.05, 4.69) is 55.6 Å². The Hall–Kier alpha value is -1.28. The minimum atomic E-state index is -4.57. The Labute approximate surface area is 397 Å². The Bertz CT molecular complexity index is 1140. The van der Waals surface area contributed by atoms with Crippen molar-refractivity contribution in [1.82, 2.24) is 5.32 Å². The molecule has 0 aromatic carbocycles. The minimum absolute atomic E-state index is 0.0105. The summed E-state index contributed by atoms with van der Waals surface area (Å²) in [6.45, 7) is 4.73. The van der Waals surface area contributed by atoms with Gasteiger partial charge in [-0.2, -0.15) is 0 Å². The van der Waals surface area contributed by atoms with Gasteiger partial charge in [-0.05, 0) is 51.4 Å². The number of amides is 1.